The fourth-order valence-electron chi connectivity index (χ4n) is 2.59. The van der Waals surface area contributed by atoms with E-state index in [-0.39, 0.29) is 11.8 Å². The molecule has 2 aliphatic carbocycles. The van der Waals surface area contributed by atoms with E-state index in [1.54, 1.807) is 0 Å². The summed E-state index contributed by atoms with van der Waals surface area (Å²) >= 11 is 0. The predicted octanol–water partition coefficient (Wildman–Crippen LogP) is 0.0766. The van der Waals surface area contributed by atoms with E-state index in [4.69, 9.17) is 10.2 Å². The molecular formula is C11H15NO5. The van der Waals surface area contributed by atoms with Crippen LogP contribution in [0.5, 0.6) is 0 Å². The van der Waals surface area contributed by atoms with Gasteiger partial charge in [0.2, 0.25) is 5.91 Å². The average Bonchev–Trinajstić information content (AvgIpc) is 2.84. The number of amides is 1. The van der Waals surface area contributed by atoms with E-state index >= 15 is 0 Å². The topological polar surface area (TPSA) is 104 Å². The summed E-state index contributed by atoms with van der Waals surface area (Å²) in [7, 11) is 0. The standard InChI is InChI=1S/C11H15NO5/c13-9(14)4-8(11(16)17)12-10(15)7-2-5-1-6(5)3-7/h5-8H,1-4H2,(H,12,15)(H,13,14)(H,16,17)/t5?,6?,7?,8-/m1/s1. The molecule has 2 rings (SSSR count). The van der Waals surface area contributed by atoms with Crippen LogP contribution in [0.25, 0.3) is 0 Å². The number of carboxylic acids is 2. The van der Waals surface area contributed by atoms with Gasteiger partial charge in [-0.2, -0.15) is 0 Å². The number of fused-ring (bicyclic) bond motifs is 1. The fraction of sp³-hybridized carbons (Fsp3) is 0.727. The van der Waals surface area contributed by atoms with Gasteiger partial charge >= 0.3 is 11.9 Å². The second-order valence-electron chi connectivity index (χ2n) is 4.92. The second kappa shape index (κ2) is 4.35. The summed E-state index contributed by atoms with van der Waals surface area (Å²) < 4.78 is 0. The molecule has 0 aromatic rings. The van der Waals surface area contributed by atoms with Crippen molar-refractivity contribution in [3.05, 3.63) is 0 Å². The number of hydrogen-bond donors (Lipinski definition) is 3. The Kier molecular flexibility index (Phi) is 3.04. The molecule has 0 spiro atoms. The number of aliphatic carboxylic acids is 2. The third-order valence-electron chi connectivity index (χ3n) is 3.61. The normalized spacial score (nSPS) is 31.4. The molecule has 0 bridgehead atoms. The van der Waals surface area contributed by atoms with Crippen molar-refractivity contribution in [1.82, 2.24) is 5.32 Å². The van der Waals surface area contributed by atoms with Crippen LogP contribution < -0.4 is 5.32 Å². The second-order valence-corrected chi connectivity index (χ2v) is 4.92. The molecule has 94 valence electrons. The van der Waals surface area contributed by atoms with E-state index in [1.807, 2.05) is 0 Å². The molecule has 0 aromatic heterocycles. The summed E-state index contributed by atoms with van der Waals surface area (Å²) in [6.45, 7) is 0. The number of carboxylic acid groups (broad SMARTS) is 2. The summed E-state index contributed by atoms with van der Waals surface area (Å²) in [6.07, 6.45) is 2.23. The first-order valence-corrected chi connectivity index (χ1v) is 5.72. The molecule has 2 unspecified atom stereocenters. The number of hydrogen-bond acceptors (Lipinski definition) is 3. The number of carbonyl (C=O) groups is 3. The van der Waals surface area contributed by atoms with Crippen molar-refractivity contribution in [1.29, 1.82) is 0 Å². The van der Waals surface area contributed by atoms with Crippen molar-refractivity contribution in [3.63, 3.8) is 0 Å². The Balaban J connectivity index is 1.86. The van der Waals surface area contributed by atoms with E-state index in [0.29, 0.717) is 11.8 Å². The van der Waals surface area contributed by atoms with Gasteiger partial charge < -0.3 is 15.5 Å². The van der Waals surface area contributed by atoms with E-state index in [2.05, 4.69) is 5.32 Å². The van der Waals surface area contributed by atoms with Crippen molar-refractivity contribution in [2.75, 3.05) is 0 Å². The first kappa shape index (κ1) is 11.9. The minimum absolute atomic E-state index is 0.130. The summed E-state index contributed by atoms with van der Waals surface area (Å²) in [5.74, 6) is -1.71. The van der Waals surface area contributed by atoms with Crippen LogP contribution in [0.1, 0.15) is 25.7 Å². The molecule has 2 fully saturated rings. The molecule has 6 heteroatoms. The van der Waals surface area contributed by atoms with E-state index in [0.717, 1.165) is 12.8 Å². The maximum absolute atomic E-state index is 11.7. The van der Waals surface area contributed by atoms with Gasteiger partial charge in [0.25, 0.3) is 0 Å². The molecule has 2 saturated carbocycles. The zero-order valence-corrected chi connectivity index (χ0v) is 9.26. The Morgan fingerprint density at radius 3 is 2.18 bits per heavy atom. The van der Waals surface area contributed by atoms with E-state index in [9.17, 15) is 14.4 Å². The van der Waals surface area contributed by atoms with Gasteiger partial charge in [-0.15, -0.1) is 0 Å². The van der Waals surface area contributed by atoms with Crippen molar-refractivity contribution < 1.29 is 24.6 Å². The molecule has 17 heavy (non-hydrogen) atoms. The van der Waals surface area contributed by atoms with Gasteiger partial charge in [0, 0.05) is 5.92 Å². The lowest BCUT2D eigenvalue weighted by Crippen LogP contribution is -2.44. The van der Waals surface area contributed by atoms with Crippen LogP contribution in [0.2, 0.25) is 0 Å². The quantitative estimate of drug-likeness (QED) is 0.632. The maximum atomic E-state index is 11.7. The van der Waals surface area contributed by atoms with Gasteiger partial charge in [0.15, 0.2) is 0 Å². The summed E-state index contributed by atoms with van der Waals surface area (Å²) in [5, 5.41) is 19.7. The largest absolute Gasteiger partial charge is 0.481 e. The summed E-state index contributed by atoms with van der Waals surface area (Å²) in [4.78, 5) is 33.0. The Morgan fingerprint density at radius 2 is 1.71 bits per heavy atom. The maximum Gasteiger partial charge on any atom is 0.326 e. The van der Waals surface area contributed by atoms with Gasteiger partial charge in [-0.25, -0.2) is 4.79 Å². The highest BCUT2D eigenvalue weighted by Crippen LogP contribution is 2.54. The van der Waals surface area contributed by atoms with Crippen LogP contribution >= 0.6 is 0 Å². The molecule has 0 aliphatic heterocycles. The molecule has 0 radical (unpaired) electrons. The molecular weight excluding hydrogens is 226 g/mol. The number of carbonyl (C=O) groups excluding carboxylic acids is 1. The predicted molar refractivity (Wildman–Crippen MR) is 56.1 cm³/mol. The van der Waals surface area contributed by atoms with Crippen LogP contribution in [0.4, 0.5) is 0 Å². The van der Waals surface area contributed by atoms with E-state index in [1.165, 1.54) is 6.42 Å². The third-order valence-corrected chi connectivity index (χ3v) is 3.61. The molecule has 0 saturated heterocycles. The summed E-state index contributed by atoms with van der Waals surface area (Å²) in [6, 6.07) is -1.32. The Morgan fingerprint density at radius 1 is 1.12 bits per heavy atom. The van der Waals surface area contributed by atoms with Gasteiger partial charge in [-0.3, -0.25) is 9.59 Å². The smallest absolute Gasteiger partial charge is 0.326 e. The average molecular weight is 241 g/mol. The van der Waals surface area contributed by atoms with Crippen LogP contribution in [-0.2, 0) is 14.4 Å². The minimum Gasteiger partial charge on any atom is -0.481 e. The highest BCUT2D eigenvalue weighted by atomic mass is 16.4. The van der Waals surface area contributed by atoms with Crippen molar-refractivity contribution >= 4 is 17.8 Å². The lowest BCUT2D eigenvalue weighted by Gasteiger charge is -2.16. The Bertz CT molecular complexity index is 357. The number of nitrogens with one attached hydrogen (secondary N) is 1. The number of rotatable bonds is 5. The third kappa shape index (κ3) is 2.75. The molecule has 3 atom stereocenters. The monoisotopic (exact) mass is 241 g/mol. The van der Waals surface area contributed by atoms with Crippen molar-refractivity contribution in [3.8, 4) is 0 Å². The lowest BCUT2D eigenvalue weighted by atomic mass is 10.0. The lowest BCUT2D eigenvalue weighted by molar-refractivity contribution is -0.147. The van der Waals surface area contributed by atoms with E-state index < -0.39 is 24.4 Å². The van der Waals surface area contributed by atoms with Crippen LogP contribution in [0.15, 0.2) is 0 Å². The van der Waals surface area contributed by atoms with Crippen LogP contribution in [-0.4, -0.2) is 34.1 Å². The van der Waals surface area contributed by atoms with Crippen LogP contribution in [0, 0.1) is 17.8 Å². The van der Waals surface area contributed by atoms with Crippen molar-refractivity contribution in [2.24, 2.45) is 17.8 Å². The van der Waals surface area contributed by atoms with Crippen molar-refractivity contribution in [2.45, 2.75) is 31.7 Å². The molecule has 2 aliphatic rings. The zero-order valence-electron chi connectivity index (χ0n) is 9.26. The molecule has 6 nitrogen and oxygen atoms in total. The molecule has 3 N–H and O–H groups in total. The summed E-state index contributed by atoms with van der Waals surface area (Å²) in [5.41, 5.74) is 0. The van der Waals surface area contributed by atoms with Gasteiger partial charge in [0.05, 0.1) is 6.42 Å². The molecule has 1 amide bonds. The van der Waals surface area contributed by atoms with Gasteiger partial charge in [-0.1, -0.05) is 0 Å². The minimum atomic E-state index is -1.32. The zero-order chi connectivity index (χ0) is 12.6. The molecule has 0 aromatic carbocycles. The first-order chi connectivity index (χ1) is 7.97. The highest BCUT2D eigenvalue weighted by molar-refractivity contribution is 5.87. The van der Waals surface area contributed by atoms with Gasteiger partial charge in [0.1, 0.15) is 6.04 Å². The molecule has 0 heterocycles. The fourth-order valence-corrected chi connectivity index (χ4v) is 2.59. The van der Waals surface area contributed by atoms with Gasteiger partial charge in [-0.05, 0) is 31.1 Å². The Labute approximate surface area is 98.0 Å². The first-order valence-electron chi connectivity index (χ1n) is 5.72. The highest BCUT2D eigenvalue weighted by Gasteiger charge is 2.48. The Hall–Kier alpha value is -1.59. The van der Waals surface area contributed by atoms with Crippen LogP contribution in [0.3, 0.4) is 0 Å². The SMILES string of the molecule is O=C(O)C[C@@H](NC(=O)C1CC2CC2C1)C(=O)O.